The smallest absolute Gasteiger partial charge is 0.231 e. The quantitative estimate of drug-likeness (QED) is 0.574. The summed E-state index contributed by atoms with van der Waals surface area (Å²) in [6, 6.07) is 0. The highest BCUT2D eigenvalue weighted by Gasteiger charge is 2.42. The minimum Gasteiger partial charge on any atom is -0.353 e. The van der Waals surface area contributed by atoms with Crippen molar-refractivity contribution in [2.24, 2.45) is 5.92 Å². The van der Waals surface area contributed by atoms with Crippen LogP contribution < -0.4 is 0 Å². The van der Waals surface area contributed by atoms with E-state index in [-0.39, 0.29) is 5.92 Å². The Labute approximate surface area is 99.2 Å². The molecule has 16 heavy (non-hydrogen) atoms. The van der Waals surface area contributed by atoms with Gasteiger partial charge in [-0.1, -0.05) is 20.3 Å². The van der Waals surface area contributed by atoms with Gasteiger partial charge in [0, 0.05) is 34.9 Å². The molecule has 0 spiro atoms. The van der Waals surface area contributed by atoms with Crippen molar-refractivity contribution >= 4 is 0 Å². The van der Waals surface area contributed by atoms with Crippen LogP contribution in [0.1, 0.15) is 33.1 Å². The highest BCUT2D eigenvalue weighted by Crippen LogP contribution is 2.35. The molecule has 1 unspecified atom stereocenters. The molecular formula is C12H25O4. The van der Waals surface area contributed by atoms with Crippen molar-refractivity contribution in [2.75, 3.05) is 28.4 Å². The molecule has 0 saturated carbocycles. The van der Waals surface area contributed by atoms with Gasteiger partial charge < -0.3 is 18.9 Å². The van der Waals surface area contributed by atoms with E-state index < -0.39 is 5.79 Å². The van der Waals surface area contributed by atoms with Crippen LogP contribution in [0.3, 0.4) is 0 Å². The van der Waals surface area contributed by atoms with E-state index in [0.717, 1.165) is 19.3 Å². The number of unbranched alkanes of at least 4 members (excludes halogenated alkanes) is 1. The fourth-order valence-electron chi connectivity index (χ4n) is 1.90. The van der Waals surface area contributed by atoms with E-state index in [1.165, 1.54) is 0 Å². The lowest BCUT2D eigenvalue weighted by Crippen LogP contribution is -2.44. The van der Waals surface area contributed by atoms with Crippen molar-refractivity contribution in [3.05, 3.63) is 6.29 Å². The summed E-state index contributed by atoms with van der Waals surface area (Å²) in [5.74, 6) is -0.749. The van der Waals surface area contributed by atoms with Crippen molar-refractivity contribution in [1.29, 1.82) is 0 Å². The van der Waals surface area contributed by atoms with E-state index in [1.54, 1.807) is 28.4 Å². The minimum atomic E-state index is -0.669. The third-order valence-electron chi connectivity index (χ3n) is 2.99. The molecule has 0 rings (SSSR count). The van der Waals surface area contributed by atoms with E-state index in [4.69, 9.17) is 18.9 Å². The molecule has 1 atom stereocenters. The fraction of sp³-hybridized carbons (Fsp3) is 0.917. The SMILES string of the molecule is CCCCC(OC)(OC)C(C)[C](OC)OC. The lowest BCUT2D eigenvalue weighted by Gasteiger charge is -2.38. The number of hydrogen-bond donors (Lipinski definition) is 0. The first-order valence-corrected chi connectivity index (χ1v) is 5.66. The summed E-state index contributed by atoms with van der Waals surface area (Å²) >= 11 is 0. The molecule has 1 radical (unpaired) electrons. The second kappa shape index (κ2) is 8.01. The maximum absolute atomic E-state index is 5.53. The molecule has 0 heterocycles. The van der Waals surface area contributed by atoms with Gasteiger partial charge in [0.05, 0.1) is 5.92 Å². The summed E-state index contributed by atoms with van der Waals surface area (Å²) in [5, 5.41) is 0. The van der Waals surface area contributed by atoms with Crippen LogP contribution in [0.2, 0.25) is 0 Å². The Kier molecular flexibility index (Phi) is 7.93. The number of hydrogen-bond acceptors (Lipinski definition) is 4. The van der Waals surface area contributed by atoms with Crippen molar-refractivity contribution in [3.8, 4) is 0 Å². The van der Waals surface area contributed by atoms with Crippen LogP contribution in [-0.2, 0) is 18.9 Å². The molecule has 4 nitrogen and oxygen atoms in total. The van der Waals surface area contributed by atoms with E-state index in [1.807, 2.05) is 6.92 Å². The van der Waals surface area contributed by atoms with Gasteiger partial charge in [-0.25, -0.2) is 0 Å². The lowest BCUT2D eigenvalue weighted by molar-refractivity contribution is -0.260. The second-order valence-corrected chi connectivity index (χ2v) is 3.77. The largest absolute Gasteiger partial charge is 0.353 e. The highest BCUT2D eigenvalue weighted by atomic mass is 16.7. The van der Waals surface area contributed by atoms with Crippen LogP contribution in [0, 0.1) is 12.2 Å². The van der Waals surface area contributed by atoms with Gasteiger partial charge >= 0.3 is 0 Å². The lowest BCUT2D eigenvalue weighted by atomic mass is 9.94. The van der Waals surface area contributed by atoms with Gasteiger partial charge in [-0.05, 0) is 6.42 Å². The topological polar surface area (TPSA) is 36.9 Å². The zero-order chi connectivity index (χ0) is 12.6. The van der Waals surface area contributed by atoms with Crippen molar-refractivity contribution < 1.29 is 18.9 Å². The van der Waals surface area contributed by atoms with Crippen LogP contribution in [0.25, 0.3) is 0 Å². The molecule has 0 aromatic rings. The molecule has 0 fully saturated rings. The zero-order valence-electron chi connectivity index (χ0n) is 11.3. The summed E-state index contributed by atoms with van der Waals surface area (Å²) in [5.41, 5.74) is 0. The summed E-state index contributed by atoms with van der Waals surface area (Å²) < 4.78 is 21.4. The first-order valence-electron chi connectivity index (χ1n) is 5.66. The van der Waals surface area contributed by atoms with Gasteiger partial charge in [0.15, 0.2) is 5.79 Å². The minimum absolute atomic E-state index is 0.0796. The monoisotopic (exact) mass is 233 g/mol. The molecule has 0 aliphatic rings. The summed E-state index contributed by atoms with van der Waals surface area (Å²) in [6.45, 7) is 4.11. The zero-order valence-corrected chi connectivity index (χ0v) is 11.3. The summed E-state index contributed by atoms with van der Waals surface area (Å²) in [6.07, 6.45) is 3.47. The number of rotatable bonds is 9. The molecule has 4 heteroatoms. The predicted octanol–water partition coefficient (Wildman–Crippen LogP) is 2.58. The van der Waals surface area contributed by atoms with E-state index in [0.29, 0.717) is 6.29 Å². The first-order chi connectivity index (χ1) is 7.61. The van der Waals surface area contributed by atoms with Gasteiger partial charge in [-0.15, -0.1) is 0 Å². The molecule has 0 amide bonds. The van der Waals surface area contributed by atoms with E-state index in [9.17, 15) is 0 Å². The molecule has 0 saturated heterocycles. The Morgan fingerprint density at radius 1 is 1.06 bits per heavy atom. The third kappa shape index (κ3) is 3.70. The van der Waals surface area contributed by atoms with Crippen molar-refractivity contribution in [3.63, 3.8) is 0 Å². The van der Waals surface area contributed by atoms with E-state index in [2.05, 4.69) is 6.92 Å². The van der Waals surface area contributed by atoms with Crippen LogP contribution in [0.15, 0.2) is 0 Å². The molecule has 0 N–H and O–H groups in total. The van der Waals surface area contributed by atoms with Gasteiger partial charge in [0.2, 0.25) is 6.29 Å². The fourth-order valence-corrected chi connectivity index (χ4v) is 1.90. The normalized spacial score (nSPS) is 14.4. The van der Waals surface area contributed by atoms with Gasteiger partial charge in [-0.2, -0.15) is 0 Å². The average molecular weight is 233 g/mol. The number of ether oxygens (including phenoxy) is 4. The first kappa shape index (κ1) is 15.8. The Morgan fingerprint density at radius 3 is 1.88 bits per heavy atom. The Bertz CT molecular complexity index is 164. The molecule has 0 bridgehead atoms. The van der Waals surface area contributed by atoms with Crippen LogP contribution in [0.4, 0.5) is 0 Å². The van der Waals surface area contributed by atoms with E-state index >= 15 is 0 Å². The maximum atomic E-state index is 5.53. The highest BCUT2D eigenvalue weighted by molar-refractivity contribution is 4.87. The van der Waals surface area contributed by atoms with Gasteiger partial charge in [0.25, 0.3) is 0 Å². The van der Waals surface area contributed by atoms with Crippen LogP contribution >= 0.6 is 0 Å². The third-order valence-corrected chi connectivity index (χ3v) is 2.99. The molecule has 0 aliphatic carbocycles. The Morgan fingerprint density at radius 2 is 1.56 bits per heavy atom. The van der Waals surface area contributed by atoms with Crippen LogP contribution in [-0.4, -0.2) is 34.2 Å². The van der Waals surface area contributed by atoms with Crippen LogP contribution in [0.5, 0.6) is 0 Å². The summed E-state index contributed by atoms with van der Waals surface area (Å²) in [7, 11) is 6.48. The Hall–Kier alpha value is -0.160. The predicted molar refractivity (Wildman–Crippen MR) is 62.7 cm³/mol. The molecule has 0 aromatic heterocycles. The standard InChI is InChI=1S/C12H25O4/c1-7-8-9-12(15-5,16-6)10(2)11(13-3)14-4/h10H,7-9H2,1-6H3. The summed E-state index contributed by atoms with van der Waals surface area (Å²) in [4.78, 5) is 0. The van der Waals surface area contributed by atoms with Gasteiger partial charge in [0.1, 0.15) is 0 Å². The maximum Gasteiger partial charge on any atom is 0.231 e. The molecule has 97 valence electrons. The van der Waals surface area contributed by atoms with Crippen molar-refractivity contribution in [1.82, 2.24) is 0 Å². The molecule has 0 aromatic carbocycles. The van der Waals surface area contributed by atoms with Crippen molar-refractivity contribution in [2.45, 2.75) is 38.9 Å². The molecule has 0 aliphatic heterocycles. The Balaban J connectivity index is 4.71. The average Bonchev–Trinajstić information content (AvgIpc) is 2.33. The molecular weight excluding hydrogens is 208 g/mol. The number of methoxy groups -OCH3 is 4. The van der Waals surface area contributed by atoms with Gasteiger partial charge in [-0.3, -0.25) is 0 Å². The second-order valence-electron chi connectivity index (χ2n) is 3.77.